The average Bonchev–Trinajstić information content (AvgIpc) is 3.11. The molecule has 0 radical (unpaired) electrons. The number of hydrogen-bond acceptors (Lipinski definition) is 4. The fourth-order valence-electron chi connectivity index (χ4n) is 2.74. The second kappa shape index (κ2) is 8.07. The number of halogens is 1. The lowest BCUT2D eigenvalue weighted by Crippen LogP contribution is -2.49. The second-order valence-electron chi connectivity index (χ2n) is 6.61. The minimum Gasteiger partial charge on any atom is -0.454 e. The van der Waals surface area contributed by atoms with E-state index in [4.69, 9.17) is 9.47 Å². The fourth-order valence-corrected chi connectivity index (χ4v) is 2.74. The van der Waals surface area contributed by atoms with Crippen molar-refractivity contribution in [1.82, 2.24) is 10.6 Å². The Morgan fingerprint density at radius 2 is 1.89 bits per heavy atom. The van der Waals surface area contributed by atoms with Crippen LogP contribution in [0.1, 0.15) is 29.8 Å². The third-order valence-corrected chi connectivity index (χ3v) is 4.23. The number of amides is 2. The molecule has 27 heavy (non-hydrogen) atoms. The molecule has 2 aromatic rings. The number of ether oxygens (including phenoxy) is 2. The first kappa shape index (κ1) is 18.7. The van der Waals surface area contributed by atoms with E-state index < -0.39 is 17.8 Å². The molecule has 0 unspecified atom stereocenters. The molecule has 0 saturated heterocycles. The highest BCUT2D eigenvalue weighted by Crippen LogP contribution is 2.32. The number of carbonyl (C=O) groups is 2. The van der Waals surface area contributed by atoms with Gasteiger partial charge in [0.1, 0.15) is 11.9 Å². The highest BCUT2D eigenvalue weighted by molar-refractivity contribution is 5.97. The van der Waals surface area contributed by atoms with E-state index in [-0.39, 0.29) is 30.7 Å². The molecule has 2 aromatic carbocycles. The molecular formula is C20H21FN2O4. The zero-order valence-corrected chi connectivity index (χ0v) is 15.1. The summed E-state index contributed by atoms with van der Waals surface area (Å²) in [7, 11) is 0. The van der Waals surface area contributed by atoms with Crippen LogP contribution in [0.4, 0.5) is 4.39 Å². The number of fused-ring (bicyclic) bond motifs is 1. The fraction of sp³-hybridized carbons (Fsp3) is 0.300. The number of nitrogens with one attached hydrogen (secondary N) is 2. The van der Waals surface area contributed by atoms with Gasteiger partial charge in [0.25, 0.3) is 5.91 Å². The summed E-state index contributed by atoms with van der Waals surface area (Å²) in [5.41, 5.74) is 1.02. The van der Waals surface area contributed by atoms with Crippen LogP contribution in [-0.4, -0.2) is 24.6 Å². The van der Waals surface area contributed by atoms with Gasteiger partial charge in [0.05, 0.1) is 0 Å². The van der Waals surface area contributed by atoms with Crippen molar-refractivity contribution < 1.29 is 23.5 Å². The summed E-state index contributed by atoms with van der Waals surface area (Å²) < 4.78 is 23.9. The molecule has 1 aliphatic heterocycles. The summed E-state index contributed by atoms with van der Waals surface area (Å²) in [5, 5.41) is 5.49. The number of hydrogen-bond donors (Lipinski definition) is 2. The first-order valence-corrected chi connectivity index (χ1v) is 8.66. The van der Waals surface area contributed by atoms with E-state index in [0.717, 1.165) is 11.6 Å². The molecule has 142 valence electrons. The van der Waals surface area contributed by atoms with Gasteiger partial charge in [-0.1, -0.05) is 26.0 Å². The van der Waals surface area contributed by atoms with Crippen LogP contribution in [0.3, 0.4) is 0 Å². The van der Waals surface area contributed by atoms with E-state index >= 15 is 0 Å². The van der Waals surface area contributed by atoms with E-state index in [1.165, 1.54) is 18.2 Å². The molecule has 1 atom stereocenters. The maximum Gasteiger partial charge on any atom is 0.252 e. The maximum atomic E-state index is 13.3. The Kier molecular flexibility index (Phi) is 5.59. The Bertz CT molecular complexity index is 854. The molecule has 7 heteroatoms. The topological polar surface area (TPSA) is 76.7 Å². The van der Waals surface area contributed by atoms with Crippen LogP contribution in [0.15, 0.2) is 42.5 Å². The van der Waals surface area contributed by atoms with E-state index in [1.54, 1.807) is 12.1 Å². The molecule has 0 spiro atoms. The van der Waals surface area contributed by atoms with E-state index in [0.29, 0.717) is 11.5 Å². The van der Waals surface area contributed by atoms with Gasteiger partial charge in [-0.3, -0.25) is 9.59 Å². The van der Waals surface area contributed by atoms with Gasteiger partial charge in [-0.15, -0.1) is 0 Å². The highest BCUT2D eigenvalue weighted by Gasteiger charge is 2.25. The lowest BCUT2D eigenvalue weighted by Gasteiger charge is -2.22. The smallest absolute Gasteiger partial charge is 0.252 e. The van der Waals surface area contributed by atoms with Crippen molar-refractivity contribution in [3.63, 3.8) is 0 Å². The standard InChI is InChI=1S/C20H21FN2O4/c1-12(2)18(23-19(24)14-4-3-5-15(21)9-14)20(25)22-10-13-6-7-16-17(8-13)27-11-26-16/h3-9,12,18H,10-11H2,1-2H3,(H,22,25)(H,23,24)/t18-/m0/s1. The first-order valence-electron chi connectivity index (χ1n) is 8.66. The number of rotatable bonds is 6. The Morgan fingerprint density at radius 3 is 2.63 bits per heavy atom. The predicted octanol–water partition coefficient (Wildman–Crippen LogP) is 2.63. The minimum atomic E-state index is -0.741. The molecular weight excluding hydrogens is 351 g/mol. The monoisotopic (exact) mass is 372 g/mol. The van der Waals surface area contributed by atoms with Gasteiger partial charge < -0.3 is 20.1 Å². The normalized spacial score (nSPS) is 13.3. The Labute approximate surface area is 156 Å². The van der Waals surface area contributed by atoms with Crippen LogP contribution < -0.4 is 20.1 Å². The summed E-state index contributed by atoms with van der Waals surface area (Å²) >= 11 is 0. The molecule has 1 heterocycles. The van der Waals surface area contributed by atoms with Crippen LogP contribution in [0.25, 0.3) is 0 Å². The maximum absolute atomic E-state index is 13.3. The summed E-state index contributed by atoms with van der Waals surface area (Å²) in [5.74, 6) is -0.136. The van der Waals surface area contributed by atoms with Crippen LogP contribution >= 0.6 is 0 Å². The highest BCUT2D eigenvalue weighted by atomic mass is 19.1. The lowest BCUT2D eigenvalue weighted by atomic mass is 10.0. The van der Waals surface area contributed by atoms with Gasteiger partial charge in [0, 0.05) is 12.1 Å². The van der Waals surface area contributed by atoms with E-state index in [1.807, 2.05) is 19.9 Å². The van der Waals surface area contributed by atoms with Crippen molar-refractivity contribution in [1.29, 1.82) is 0 Å². The zero-order chi connectivity index (χ0) is 19.4. The molecule has 2 N–H and O–H groups in total. The van der Waals surface area contributed by atoms with Gasteiger partial charge in [0.15, 0.2) is 11.5 Å². The predicted molar refractivity (Wildman–Crippen MR) is 96.9 cm³/mol. The van der Waals surface area contributed by atoms with Gasteiger partial charge in [0.2, 0.25) is 12.7 Å². The molecule has 2 amide bonds. The summed E-state index contributed by atoms with van der Waals surface area (Å²) in [6.07, 6.45) is 0. The van der Waals surface area contributed by atoms with Crippen molar-refractivity contribution >= 4 is 11.8 Å². The first-order chi connectivity index (χ1) is 12.9. The molecule has 0 aliphatic carbocycles. The molecule has 0 bridgehead atoms. The Hall–Kier alpha value is -3.09. The third-order valence-electron chi connectivity index (χ3n) is 4.23. The quantitative estimate of drug-likeness (QED) is 0.817. The molecule has 0 saturated carbocycles. The number of carbonyl (C=O) groups excluding carboxylic acids is 2. The molecule has 3 rings (SSSR count). The van der Waals surface area contributed by atoms with Crippen molar-refractivity contribution in [2.75, 3.05) is 6.79 Å². The molecule has 6 nitrogen and oxygen atoms in total. The van der Waals surface area contributed by atoms with Crippen molar-refractivity contribution in [3.8, 4) is 11.5 Å². The summed E-state index contributed by atoms with van der Waals surface area (Å²) in [4.78, 5) is 24.9. The lowest BCUT2D eigenvalue weighted by molar-refractivity contribution is -0.124. The SMILES string of the molecule is CC(C)[C@H](NC(=O)c1cccc(F)c1)C(=O)NCc1ccc2c(c1)OCO2. The summed E-state index contributed by atoms with van der Waals surface area (Å²) in [6.45, 7) is 4.13. The van der Waals surface area contributed by atoms with Crippen LogP contribution in [-0.2, 0) is 11.3 Å². The Morgan fingerprint density at radius 1 is 1.11 bits per heavy atom. The van der Waals surface area contributed by atoms with Crippen molar-refractivity contribution in [3.05, 3.63) is 59.4 Å². The van der Waals surface area contributed by atoms with Gasteiger partial charge in [-0.2, -0.15) is 0 Å². The van der Waals surface area contributed by atoms with Crippen molar-refractivity contribution in [2.45, 2.75) is 26.4 Å². The molecule has 0 fully saturated rings. The van der Waals surface area contributed by atoms with Crippen LogP contribution in [0, 0.1) is 11.7 Å². The van der Waals surface area contributed by atoms with Gasteiger partial charge in [-0.05, 0) is 41.8 Å². The average molecular weight is 372 g/mol. The number of benzene rings is 2. The summed E-state index contributed by atoms with van der Waals surface area (Å²) in [6, 6.07) is 10.0. The van der Waals surface area contributed by atoms with E-state index in [9.17, 15) is 14.0 Å². The molecule has 0 aromatic heterocycles. The van der Waals surface area contributed by atoms with Gasteiger partial charge >= 0.3 is 0 Å². The van der Waals surface area contributed by atoms with Gasteiger partial charge in [-0.25, -0.2) is 4.39 Å². The third kappa shape index (κ3) is 4.55. The second-order valence-corrected chi connectivity index (χ2v) is 6.61. The Balaban J connectivity index is 1.62. The largest absolute Gasteiger partial charge is 0.454 e. The molecule has 1 aliphatic rings. The van der Waals surface area contributed by atoms with Crippen LogP contribution in [0.2, 0.25) is 0 Å². The minimum absolute atomic E-state index is 0.140. The van der Waals surface area contributed by atoms with Crippen LogP contribution in [0.5, 0.6) is 11.5 Å². The zero-order valence-electron chi connectivity index (χ0n) is 15.1. The van der Waals surface area contributed by atoms with Crippen molar-refractivity contribution in [2.24, 2.45) is 5.92 Å². The van der Waals surface area contributed by atoms with E-state index in [2.05, 4.69) is 10.6 Å².